The molecule has 0 aromatic heterocycles. The summed E-state index contributed by atoms with van der Waals surface area (Å²) in [6.45, 7) is 1.96. The highest BCUT2D eigenvalue weighted by Crippen LogP contribution is 2.13. The van der Waals surface area contributed by atoms with Crippen molar-refractivity contribution < 1.29 is 14.3 Å². The molecule has 1 aromatic rings. The van der Waals surface area contributed by atoms with E-state index in [1.807, 2.05) is 0 Å². The van der Waals surface area contributed by atoms with Gasteiger partial charge in [-0.3, -0.25) is 0 Å². The Morgan fingerprint density at radius 2 is 2.29 bits per heavy atom. The van der Waals surface area contributed by atoms with Crippen molar-refractivity contribution in [2.24, 2.45) is 0 Å². The van der Waals surface area contributed by atoms with Crippen LogP contribution in [0.25, 0.3) is 0 Å². The zero-order valence-corrected chi connectivity index (χ0v) is 9.38. The number of benzene rings is 1. The van der Waals surface area contributed by atoms with E-state index in [0.29, 0.717) is 12.2 Å². The van der Waals surface area contributed by atoms with Gasteiger partial charge in [0, 0.05) is 12.2 Å². The standard InChI is InChI=1S/C12H13FN2O2/c1-2-14-12(17)15-10-5-6-11(13)9(8-10)4-3-7-16/h5-6,8,16H,2,7H2,1H3,(H2,14,15,17). The molecule has 0 aliphatic rings. The average molecular weight is 236 g/mol. The molecule has 0 bridgehead atoms. The molecule has 0 fully saturated rings. The Morgan fingerprint density at radius 3 is 2.94 bits per heavy atom. The normalized spacial score (nSPS) is 9.12. The lowest BCUT2D eigenvalue weighted by molar-refractivity contribution is 0.252. The second-order valence-electron chi connectivity index (χ2n) is 3.14. The predicted octanol–water partition coefficient (Wildman–Crippen LogP) is 1.31. The molecule has 0 spiro atoms. The van der Waals surface area contributed by atoms with Crippen molar-refractivity contribution in [2.45, 2.75) is 6.92 Å². The number of hydrogen-bond donors (Lipinski definition) is 3. The molecule has 17 heavy (non-hydrogen) atoms. The molecule has 0 aliphatic heterocycles. The van der Waals surface area contributed by atoms with Crippen LogP contribution in [0.1, 0.15) is 12.5 Å². The highest BCUT2D eigenvalue weighted by Gasteiger charge is 2.03. The number of halogens is 1. The van der Waals surface area contributed by atoms with Gasteiger partial charge in [-0.1, -0.05) is 11.8 Å². The summed E-state index contributed by atoms with van der Waals surface area (Å²) >= 11 is 0. The fourth-order valence-electron chi connectivity index (χ4n) is 1.17. The van der Waals surface area contributed by atoms with Gasteiger partial charge in [0.05, 0.1) is 5.56 Å². The summed E-state index contributed by atoms with van der Waals surface area (Å²) in [7, 11) is 0. The molecule has 1 rings (SSSR count). The van der Waals surface area contributed by atoms with Crippen molar-refractivity contribution in [3.63, 3.8) is 0 Å². The molecule has 0 heterocycles. The number of rotatable bonds is 2. The molecule has 2 amide bonds. The van der Waals surface area contributed by atoms with E-state index in [1.165, 1.54) is 18.2 Å². The van der Waals surface area contributed by atoms with Crippen LogP contribution < -0.4 is 10.6 Å². The molecule has 90 valence electrons. The minimum absolute atomic E-state index is 0.133. The maximum Gasteiger partial charge on any atom is 0.319 e. The zero-order chi connectivity index (χ0) is 12.7. The first-order valence-electron chi connectivity index (χ1n) is 5.11. The number of carbonyl (C=O) groups is 1. The molecular formula is C12H13FN2O2. The molecule has 0 radical (unpaired) electrons. The van der Waals surface area contributed by atoms with Gasteiger partial charge in [-0.2, -0.15) is 0 Å². The molecule has 3 N–H and O–H groups in total. The number of aliphatic hydroxyl groups is 1. The van der Waals surface area contributed by atoms with E-state index in [9.17, 15) is 9.18 Å². The van der Waals surface area contributed by atoms with Gasteiger partial charge in [0.2, 0.25) is 0 Å². The Labute approximate surface area is 98.8 Å². The summed E-state index contributed by atoms with van der Waals surface area (Å²) in [5.41, 5.74) is 0.577. The maximum atomic E-state index is 13.3. The Bertz CT molecular complexity index is 463. The molecular weight excluding hydrogens is 223 g/mol. The number of hydrogen-bond acceptors (Lipinski definition) is 2. The Morgan fingerprint density at radius 1 is 1.53 bits per heavy atom. The van der Waals surface area contributed by atoms with Crippen molar-refractivity contribution in [1.29, 1.82) is 0 Å². The highest BCUT2D eigenvalue weighted by atomic mass is 19.1. The molecule has 0 saturated carbocycles. The minimum Gasteiger partial charge on any atom is -0.384 e. The predicted molar refractivity (Wildman–Crippen MR) is 63.1 cm³/mol. The van der Waals surface area contributed by atoms with Crippen LogP contribution in [0, 0.1) is 17.7 Å². The Hall–Kier alpha value is -2.06. The van der Waals surface area contributed by atoms with E-state index in [1.54, 1.807) is 6.92 Å². The van der Waals surface area contributed by atoms with E-state index in [-0.39, 0.29) is 18.2 Å². The van der Waals surface area contributed by atoms with Gasteiger partial charge in [-0.25, -0.2) is 9.18 Å². The third-order valence-corrected chi connectivity index (χ3v) is 1.86. The van der Waals surface area contributed by atoms with Gasteiger partial charge in [0.15, 0.2) is 0 Å². The third-order valence-electron chi connectivity index (χ3n) is 1.86. The second-order valence-corrected chi connectivity index (χ2v) is 3.14. The highest BCUT2D eigenvalue weighted by molar-refractivity contribution is 5.89. The van der Waals surface area contributed by atoms with Gasteiger partial charge >= 0.3 is 6.03 Å². The van der Waals surface area contributed by atoms with Crippen LogP contribution in [0.2, 0.25) is 0 Å². The van der Waals surface area contributed by atoms with E-state index >= 15 is 0 Å². The van der Waals surface area contributed by atoms with Crippen molar-refractivity contribution >= 4 is 11.7 Å². The first kappa shape index (κ1) is 13.0. The van der Waals surface area contributed by atoms with Crippen molar-refractivity contribution in [3.8, 4) is 11.8 Å². The average Bonchev–Trinajstić information content (AvgIpc) is 2.30. The topological polar surface area (TPSA) is 61.4 Å². The fourth-order valence-corrected chi connectivity index (χ4v) is 1.17. The van der Waals surface area contributed by atoms with Gasteiger partial charge < -0.3 is 15.7 Å². The molecule has 5 heteroatoms. The molecule has 0 aliphatic carbocycles. The second kappa shape index (κ2) is 6.51. The largest absolute Gasteiger partial charge is 0.384 e. The summed E-state index contributed by atoms with van der Waals surface area (Å²) < 4.78 is 13.3. The summed E-state index contributed by atoms with van der Waals surface area (Å²) in [6.07, 6.45) is 0. The first-order valence-corrected chi connectivity index (χ1v) is 5.11. The molecule has 1 aromatic carbocycles. The van der Waals surface area contributed by atoms with Gasteiger partial charge in [-0.15, -0.1) is 0 Å². The van der Waals surface area contributed by atoms with Crippen LogP contribution in [0.15, 0.2) is 18.2 Å². The molecule has 0 unspecified atom stereocenters. The smallest absolute Gasteiger partial charge is 0.319 e. The van der Waals surface area contributed by atoms with E-state index in [2.05, 4.69) is 22.5 Å². The SMILES string of the molecule is CCNC(=O)Nc1ccc(F)c(C#CCO)c1. The van der Waals surface area contributed by atoms with Crippen LogP contribution in [0.5, 0.6) is 0 Å². The van der Waals surface area contributed by atoms with Crippen molar-refractivity contribution in [2.75, 3.05) is 18.5 Å². The quantitative estimate of drug-likeness (QED) is 0.678. The van der Waals surface area contributed by atoms with E-state index in [4.69, 9.17) is 5.11 Å². The number of nitrogens with one attached hydrogen (secondary N) is 2. The third kappa shape index (κ3) is 4.13. The van der Waals surface area contributed by atoms with Gasteiger partial charge in [-0.05, 0) is 25.1 Å². The lowest BCUT2D eigenvalue weighted by Gasteiger charge is -2.06. The summed E-state index contributed by atoms with van der Waals surface area (Å²) in [5.74, 6) is 4.32. The van der Waals surface area contributed by atoms with Gasteiger partial charge in [0.1, 0.15) is 12.4 Å². The monoisotopic (exact) mass is 236 g/mol. The van der Waals surface area contributed by atoms with E-state index in [0.717, 1.165) is 0 Å². The molecule has 0 saturated heterocycles. The number of anilines is 1. The van der Waals surface area contributed by atoms with Crippen molar-refractivity contribution in [1.82, 2.24) is 5.32 Å². The molecule has 0 atom stereocenters. The molecule has 4 nitrogen and oxygen atoms in total. The Kier molecular flexibility index (Phi) is 4.98. The number of carbonyl (C=O) groups excluding carboxylic acids is 1. The van der Waals surface area contributed by atoms with Crippen LogP contribution in [0.3, 0.4) is 0 Å². The summed E-state index contributed by atoms with van der Waals surface area (Å²) in [5, 5.41) is 13.6. The summed E-state index contributed by atoms with van der Waals surface area (Å²) in [6, 6.07) is 3.70. The van der Waals surface area contributed by atoms with Crippen LogP contribution >= 0.6 is 0 Å². The number of amides is 2. The van der Waals surface area contributed by atoms with Crippen LogP contribution in [-0.4, -0.2) is 24.3 Å². The number of aliphatic hydroxyl groups excluding tert-OH is 1. The zero-order valence-electron chi connectivity index (χ0n) is 9.38. The fraction of sp³-hybridized carbons (Fsp3) is 0.250. The first-order chi connectivity index (χ1) is 8.17. The van der Waals surface area contributed by atoms with Crippen molar-refractivity contribution in [3.05, 3.63) is 29.6 Å². The summed E-state index contributed by atoms with van der Waals surface area (Å²) in [4.78, 5) is 11.2. The maximum absolute atomic E-state index is 13.3. The lowest BCUT2D eigenvalue weighted by Crippen LogP contribution is -2.28. The van der Waals surface area contributed by atoms with Crippen LogP contribution in [-0.2, 0) is 0 Å². The van der Waals surface area contributed by atoms with Crippen LogP contribution in [0.4, 0.5) is 14.9 Å². The number of urea groups is 1. The Balaban J connectivity index is 2.85. The van der Waals surface area contributed by atoms with E-state index < -0.39 is 5.82 Å². The lowest BCUT2D eigenvalue weighted by atomic mass is 10.2. The minimum atomic E-state index is -0.493. The van der Waals surface area contributed by atoms with Gasteiger partial charge in [0.25, 0.3) is 0 Å².